The molecule has 32 heavy (non-hydrogen) atoms. The lowest BCUT2D eigenvalue weighted by molar-refractivity contribution is 0.0128. The van der Waals surface area contributed by atoms with E-state index in [0.29, 0.717) is 17.7 Å². The number of halogens is 2. The third kappa shape index (κ3) is 5.00. The first-order chi connectivity index (χ1) is 15.4. The quantitative estimate of drug-likeness (QED) is 0.454. The van der Waals surface area contributed by atoms with Gasteiger partial charge in [0, 0.05) is 43.2 Å². The molecule has 0 atom stereocenters. The van der Waals surface area contributed by atoms with Crippen molar-refractivity contribution < 1.29 is 13.6 Å². The second-order valence-electron chi connectivity index (χ2n) is 7.37. The minimum atomic E-state index is -2.99. The Kier molecular flexibility index (Phi) is 5.98. The van der Waals surface area contributed by atoms with Crippen molar-refractivity contribution in [2.24, 2.45) is 0 Å². The predicted molar refractivity (Wildman–Crippen MR) is 118 cm³/mol. The molecule has 2 aromatic heterocycles. The van der Waals surface area contributed by atoms with Gasteiger partial charge in [0.1, 0.15) is 5.69 Å². The van der Waals surface area contributed by atoms with Crippen LogP contribution in [0.4, 0.5) is 8.78 Å². The van der Waals surface area contributed by atoms with Gasteiger partial charge in [-0.15, -0.1) is 0 Å². The van der Waals surface area contributed by atoms with Gasteiger partial charge in [-0.3, -0.25) is 19.7 Å². The number of benzene rings is 2. The molecular weight excluding hydrogens is 410 g/mol. The molecule has 0 fully saturated rings. The molecule has 0 aliphatic carbocycles. The SMILES string of the molecule is CC(F)(F)c1cc(-c2ccc(CNC(=O)c3ccc(-c4cnccn4)cc3)cc2)ccn1. The molecule has 0 unspecified atom stereocenters. The van der Waals surface area contributed by atoms with E-state index in [4.69, 9.17) is 0 Å². The van der Waals surface area contributed by atoms with Gasteiger partial charge < -0.3 is 5.32 Å². The molecule has 1 amide bonds. The fraction of sp³-hybridized carbons (Fsp3) is 0.120. The van der Waals surface area contributed by atoms with Gasteiger partial charge in [0.25, 0.3) is 11.8 Å². The summed E-state index contributed by atoms with van der Waals surface area (Å²) in [6.07, 6.45) is 6.27. The van der Waals surface area contributed by atoms with Gasteiger partial charge in [-0.25, -0.2) is 0 Å². The molecule has 0 bridgehead atoms. The van der Waals surface area contributed by atoms with Crippen molar-refractivity contribution >= 4 is 5.91 Å². The van der Waals surface area contributed by atoms with Crippen LogP contribution >= 0.6 is 0 Å². The lowest BCUT2D eigenvalue weighted by atomic mass is 10.0. The van der Waals surface area contributed by atoms with Crippen molar-refractivity contribution in [2.45, 2.75) is 19.4 Å². The highest BCUT2D eigenvalue weighted by Gasteiger charge is 2.26. The maximum atomic E-state index is 13.5. The molecule has 4 aromatic rings. The highest BCUT2D eigenvalue weighted by molar-refractivity contribution is 5.94. The van der Waals surface area contributed by atoms with Crippen molar-refractivity contribution in [1.82, 2.24) is 20.3 Å². The molecule has 1 N–H and O–H groups in total. The Morgan fingerprint density at radius 3 is 2.25 bits per heavy atom. The standard InChI is InChI=1S/C25H20F2N4O/c1-25(26,27)23-14-21(10-11-30-23)18-4-2-17(3-5-18)15-31-24(32)20-8-6-19(7-9-20)22-16-28-12-13-29-22/h2-14,16H,15H2,1H3,(H,31,32). The number of carbonyl (C=O) groups is 1. The Bertz CT molecular complexity index is 1210. The molecule has 0 saturated carbocycles. The molecule has 2 aromatic carbocycles. The van der Waals surface area contributed by atoms with E-state index in [2.05, 4.69) is 20.3 Å². The predicted octanol–water partition coefficient (Wildman–Crippen LogP) is 5.25. The molecule has 4 rings (SSSR count). The van der Waals surface area contributed by atoms with Gasteiger partial charge >= 0.3 is 0 Å². The third-order valence-electron chi connectivity index (χ3n) is 4.96. The molecule has 0 aliphatic heterocycles. The number of amides is 1. The van der Waals surface area contributed by atoms with Gasteiger partial charge in [-0.05, 0) is 41.0 Å². The van der Waals surface area contributed by atoms with Gasteiger partial charge in [0.05, 0.1) is 11.9 Å². The Morgan fingerprint density at radius 1 is 0.875 bits per heavy atom. The minimum Gasteiger partial charge on any atom is -0.348 e. The molecule has 2 heterocycles. The van der Waals surface area contributed by atoms with Crippen LogP contribution in [0.15, 0.2) is 85.5 Å². The Balaban J connectivity index is 1.39. The number of hydrogen-bond acceptors (Lipinski definition) is 4. The second kappa shape index (κ2) is 9.01. The number of nitrogens with zero attached hydrogens (tertiary/aromatic N) is 3. The normalized spacial score (nSPS) is 11.2. The number of alkyl halides is 2. The first-order valence-electron chi connectivity index (χ1n) is 9.98. The largest absolute Gasteiger partial charge is 0.348 e. The summed E-state index contributed by atoms with van der Waals surface area (Å²) in [7, 11) is 0. The van der Waals surface area contributed by atoms with Crippen LogP contribution in [0.3, 0.4) is 0 Å². The summed E-state index contributed by atoms with van der Waals surface area (Å²) < 4.78 is 27.1. The van der Waals surface area contributed by atoms with Crippen molar-refractivity contribution in [3.63, 3.8) is 0 Å². The zero-order chi connectivity index (χ0) is 22.6. The zero-order valence-corrected chi connectivity index (χ0v) is 17.3. The monoisotopic (exact) mass is 430 g/mol. The van der Waals surface area contributed by atoms with Crippen LogP contribution in [0.25, 0.3) is 22.4 Å². The van der Waals surface area contributed by atoms with E-state index in [1.165, 1.54) is 12.3 Å². The maximum absolute atomic E-state index is 13.5. The highest BCUT2D eigenvalue weighted by atomic mass is 19.3. The van der Waals surface area contributed by atoms with E-state index in [0.717, 1.165) is 29.3 Å². The first-order valence-corrected chi connectivity index (χ1v) is 9.98. The minimum absolute atomic E-state index is 0.191. The average molecular weight is 430 g/mol. The van der Waals surface area contributed by atoms with Crippen LogP contribution in [0, 0.1) is 0 Å². The summed E-state index contributed by atoms with van der Waals surface area (Å²) >= 11 is 0. The Morgan fingerprint density at radius 2 is 1.59 bits per heavy atom. The topological polar surface area (TPSA) is 67.8 Å². The fourth-order valence-corrected chi connectivity index (χ4v) is 3.19. The molecule has 7 heteroatoms. The number of hydrogen-bond donors (Lipinski definition) is 1. The van der Waals surface area contributed by atoms with E-state index in [9.17, 15) is 13.6 Å². The van der Waals surface area contributed by atoms with E-state index >= 15 is 0 Å². The van der Waals surface area contributed by atoms with Crippen molar-refractivity contribution in [2.75, 3.05) is 0 Å². The first kappa shape index (κ1) is 21.2. The summed E-state index contributed by atoms with van der Waals surface area (Å²) in [5.41, 5.74) is 4.25. The van der Waals surface area contributed by atoms with Crippen molar-refractivity contribution in [3.8, 4) is 22.4 Å². The van der Waals surface area contributed by atoms with Crippen molar-refractivity contribution in [1.29, 1.82) is 0 Å². The molecule has 160 valence electrons. The maximum Gasteiger partial charge on any atom is 0.286 e. The van der Waals surface area contributed by atoms with E-state index < -0.39 is 5.92 Å². The molecule has 0 spiro atoms. The third-order valence-corrected chi connectivity index (χ3v) is 4.96. The van der Waals surface area contributed by atoms with Gasteiger partial charge in [0.2, 0.25) is 0 Å². The number of rotatable bonds is 6. The van der Waals surface area contributed by atoms with Crippen LogP contribution in [0.5, 0.6) is 0 Å². The molecule has 0 radical (unpaired) electrons. The Hall–Kier alpha value is -4.00. The number of aromatic nitrogens is 3. The molecule has 5 nitrogen and oxygen atoms in total. The van der Waals surface area contributed by atoms with E-state index in [-0.39, 0.29) is 11.6 Å². The van der Waals surface area contributed by atoms with E-state index in [1.807, 2.05) is 36.4 Å². The molecule has 0 saturated heterocycles. The van der Waals surface area contributed by atoms with Gasteiger partial charge in [0.15, 0.2) is 0 Å². The number of carbonyl (C=O) groups excluding carboxylic acids is 1. The Labute approximate surface area is 184 Å². The number of pyridine rings is 1. The lowest BCUT2D eigenvalue weighted by Crippen LogP contribution is -2.22. The van der Waals surface area contributed by atoms with Crippen LogP contribution < -0.4 is 5.32 Å². The summed E-state index contributed by atoms with van der Waals surface area (Å²) in [6.45, 7) is 1.17. The van der Waals surface area contributed by atoms with Crippen LogP contribution in [0.1, 0.15) is 28.5 Å². The van der Waals surface area contributed by atoms with Gasteiger partial charge in [-0.1, -0.05) is 36.4 Å². The lowest BCUT2D eigenvalue weighted by Gasteiger charge is -2.11. The zero-order valence-electron chi connectivity index (χ0n) is 17.3. The summed E-state index contributed by atoms with van der Waals surface area (Å²) in [4.78, 5) is 24.5. The van der Waals surface area contributed by atoms with Crippen LogP contribution in [0.2, 0.25) is 0 Å². The van der Waals surface area contributed by atoms with Gasteiger partial charge in [-0.2, -0.15) is 8.78 Å². The van der Waals surface area contributed by atoms with Crippen LogP contribution in [-0.4, -0.2) is 20.9 Å². The number of nitrogens with one attached hydrogen (secondary N) is 1. The summed E-state index contributed by atoms with van der Waals surface area (Å²) in [5, 5.41) is 2.89. The van der Waals surface area contributed by atoms with E-state index in [1.54, 1.807) is 36.8 Å². The molecule has 0 aliphatic rings. The summed E-state index contributed by atoms with van der Waals surface area (Å²) in [6, 6.07) is 17.6. The smallest absolute Gasteiger partial charge is 0.286 e. The van der Waals surface area contributed by atoms with Crippen LogP contribution in [-0.2, 0) is 12.5 Å². The van der Waals surface area contributed by atoms with Crippen molar-refractivity contribution in [3.05, 3.63) is 102 Å². The summed E-state index contributed by atoms with van der Waals surface area (Å²) in [5.74, 6) is -3.18. The molecular formula is C25H20F2N4O. The fourth-order valence-electron chi connectivity index (χ4n) is 3.19. The average Bonchev–Trinajstić information content (AvgIpc) is 2.83. The second-order valence-corrected chi connectivity index (χ2v) is 7.37. The highest BCUT2D eigenvalue weighted by Crippen LogP contribution is 2.28.